The molecule has 6 aromatic carbocycles. The molecule has 0 saturated heterocycles. The monoisotopic (exact) mass is 504 g/mol. The quantitative estimate of drug-likeness (QED) is 0.192. The number of hydrogen-bond acceptors (Lipinski definition) is 2. The summed E-state index contributed by atoms with van der Waals surface area (Å²) in [5, 5.41) is 0. The van der Waals surface area contributed by atoms with Gasteiger partial charge in [-0.1, -0.05) is 115 Å². The fourth-order valence-electron chi connectivity index (χ4n) is 4.84. The average Bonchev–Trinajstić information content (AvgIpc) is 3.00. The van der Waals surface area contributed by atoms with Gasteiger partial charge < -0.3 is 9.47 Å². The van der Waals surface area contributed by atoms with Crippen LogP contribution in [0.15, 0.2) is 164 Å². The lowest BCUT2D eigenvalue weighted by atomic mass is 9.84. The molecule has 6 rings (SSSR count). The minimum atomic E-state index is -0.00605. The Labute approximate surface area is 229 Å². The Bertz CT molecular complexity index is 1540. The van der Waals surface area contributed by atoms with Gasteiger partial charge in [0.25, 0.3) is 0 Å². The van der Waals surface area contributed by atoms with E-state index in [0.29, 0.717) is 0 Å². The summed E-state index contributed by atoms with van der Waals surface area (Å²) in [5.74, 6) is 3.24. The number of ether oxygens (including phenoxy) is 2. The lowest BCUT2D eigenvalue weighted by Crippen LogP contribution is -2.04. The highest BCUT2D eigenvalue weighted by Gasteiger charge is 2.19. The zero-order chi connectivity index (χ0) is 26.3. The molecular weight excluding hydrogens is 476 g/mol. The van der Waals surface area contributed by atoms with Crippen molar-refractivity contribution in [2.45, 2.75) is 5.92 Å². The number of hydrogen-bond donors (Lipinski definition) is 0. The SMILES string of the molecule is c1ccc(Oc2cccc(C(c3ccc(-c4ccccc4)cc3)c3cccc(Oc4ccccc4)c3)c2)cc1. The van der Waals surface area contributed by atoms with E-state index in [4.69, 9.17) is 9.47 Å². The van der Waals surface area contributed by atoms with Gasteiger partial charge >= 0.3 is 0 Å². The molecule has 188 valence electrons. The predicted octanol–water partition coefficient (Wildman–Crippen LogP) is 10.1. The fraction of sp³-hybridized carbons (Fsp3) is 0.0270. The minimum absolute atomic E-state index is 0.00605. The van der Waals surface area contributed by atoms with Gasteiger partial charge in [0.05, 0.1) is 0 Å². The number of para-hydroxylation sites is 2. The molecule has 0 spiro atoms. The molecule has 0 N–H and O–H groups in total. The highest BCUT2D eigenvalue weighted by molar-refractivity contribution is 5.64. The van der Waals surface area contributed by atoms with Crippen LogP contribution >= 0.6 is 0 Å². The third kappa shape index (κ3) is 5.92. The van der Waals surface area contributed by atoms with Crippen molar-refractivity contribution in [2.75, 3.05) is 0 Å². The van der Waals surface area contributed by atoms with Crippen LogP contribution in [0, 0.1) is 0 Å². The van der Waals surface area contributed by atoms with Crippen molar-refractivity contribution in [2.24, 2.45) is 0 Å². The van der Waals surface area contributed by atoms with Crippen LogP contribution in [0.3, 0.4) is 0 Å². The van der Waals surface area contributed by atoms with Gasteiger partial charge in [-0.25, -0.2) is 0 Å². The minimum Gasteiger partial charge on any atom is -0.457 e. The first-order valence-corrected chi connectivity index (χ1v) is 13.1. The fourth-order valence-corrected chi connectivity index (χ4v) is 4.84. The van der Waals surface area contributed by atoms with Crippen LogP contribution in [-0.2, 0) is 0 Å². The molecular formula is C37H28O2. The van der Waals surface area contributed by atoms with Crippen molar-refractivity contribution < 1.29 is 9.47 Å². The molecule has 0 fully saturated rings. The largest absolute Gasteiger partial charge is 0.457 e. The zero-order valence-electron chi connectivity index (χ0n) is 21.5. The van der Waals surface area contributed by atoms with Gasteiger partial charge in [0.15, 0.2) is 0 Å². The van der Waals surface area contributed by atoms with Crippen molar-refractivity contribution in [3.8, 4) is 34.1 Å². The van der Waals surface area contributed by atoms with E-state index < -0.39 is 0 Å². The molecule has 0 aliphatic carbocycles. The summed E-state index contributed by atoms with van der Waals surface area (Å²) in [6.45, 7) is 0. The summed E-state index contributed by atoms with van der Waals surface area (Å²) >= 11 is 0. The zero-order valence-corrected chi connectivity index (χ0v) is 21.5. The first-order chi connectivity index (χ1) is 19.3. The molecule has 0 amide bonds. The highest BCUT2D eigenvalue weighted by atomic mass is 16.5. The van der Waals surface area contributed by atoms with E-state index in [9.17, 15) is 0 Å². The molecule has 0 aliphatic rings. The molecule has 39 heavy (non-hydrogen) atoms. The van der Waals surface area contributed by atoms with Crippen molar-refractivity contribution in [1.82, 2.24) is 0 Å². The second-order valence-electron chi connectivity index (χ2n) is 9.40. The highest BCUT2D eigenvalue weighted by Crippen LogP contribution is 2.37. The molecule has 0 unspecified atom stereocenters. The number of benzene rings is 6. The summed E-state index contributed by atoms with van der Waals surface area (Å²) in [7, 11) is 0. The van der Waals surface area contributed by atoms with Crippen LogP contribution in [0.25, 0.3) is 11.1 Å². The van der Waals surface area contributed by atoms with Gasteiger partial charge in [-0.05, 0) is 76.3 Å². The van der Waals surface area contributed by atoms with E-state index >= 15 is 0 Å². The Morgan fingerprint density at radius 1 is 0.308 bits per heavy atom. The second kappa shape index (κ2) is 11.5. The van der Waals surface area contributed by atoms with Crippen LogP contribution in [0.1, 0.15) is 22.6 Å². The molecule has 0 radical (unpaired) electrons. The van der Waals surface area contributed by atoms with E-state index in [-0.39, 0.29) is 5.92 Å². The topological polar surface area (TPSA) is 18.5 Å². The summed E-state index contributed by atoms with van der Waals surface area (Å²) in [6, 6.07) is 55.8. The average molecular weight is 505 g/mol. The second-order valence-corrected chi connectivity index (χ2v) is 9.40. The molecule has 0 saturated carbocycles. The van der Waals surface area contributed by atoms with E-state index in [1.807, 2.05) is 78.9 Å². The summed E-state index contributed by atoms with van der Waals surface area (Å²) in [5.41, 5.74) is 5.89. The van der Waals surface area contributed by atoms with Crippen LogP contribution in [0.4, 0.5) is 0 Å². The Morgan fingerprint density at radius 2 is 0.718 bits per heavy atom. The third-order valence-corrected chi connectivity index (χ3v) is 6.69. The van der Waals surface area contributed by atoms with Crippen LogP contribution in [0.5, 0.6) is 23.0 Å². The molecule has 6 aromatic rings. The predicted molar refractivity (Wildman–Crippen MR) is 159 cm³/mol. The molecule has 0 atom stereocenters. The Hall–Kier alpha value is -5.08. The summed E-state index contributed by atoms with van der Waals surface area (Å²) in [6.07, 6.45) is 0. The molecule has 0 bridgehead atoms. The lowest BCUT2D eigenvalue weighted by molar-refractivity contribution is 0.481. The van der Waals surface area contributed by atoms with Gasteiger partial charge in [-0.3, -0.25) is 0 Å². The maximum Gasteiger partial charge on any atom is 0.127 e. The normalized spacial score (nSPS) is 10.8. The van der Waals surface area contributed by atoms with E-state index in [1.165, 1.54) is 16.7 Å². The molecule has 0 heterocycles. The Kier molecular flexibility index (Phi) is 7.18. The smallest absolute Gasteiger partial charge is 0.127 e. The van der Waals surface area contributed by atoms with Gasteiger partial charge in [0, 0.05) is 5.92 Å². The van der Waals surface area contributed by atoms with Crippen LogP contribution in [-0.4, -0.2) is 0 Å². The Morgan fingerprint density at radius 3 is 1.21 bits per heavy atom. The standard InChI is InChI=1S/C37H28O2/c1-4-12-28(13-5-1)29-22-24-30(25-23-29)37(31-14-10-20-35(26-31)38-33-16-6-2-7-17-33)32-15-11-21-36(27-32)39-34-18-8-3-9-19-34/h1-27,37H. The van der Waals surface area contributed by atoms with Crippen molar-refractivity contribution in [1.29, 1.82) is 0 Å². The Balaban J connectivity index is 1.39. The van der Waals surface area contributed by atoms with Crippen LogP contribution < -0.4 is 9.47 Å². The molecule has 2 nitrogen and oxygen atoms in total. The van der Waals surface area contributed by atoms with Crippen LogP contribution in [0.2, 0.25) is 0 Å². The summed E-state index contributed by atoms with van der Waals surface area (Å²) < 4.78 is 12.4. The lowest BCUT2D eigenvalue weighted by Gasteiger charge is -2.21. The van der Waals surface area contributed by atoms with Crippen molar-refractivity contribution in [3.63, 3.8) is 0 Å². The van der Waals surface area contributed by atoms with Gasteiger partial charge in [-0.2, -0.15) is 0 Å². The third-order valence-electron chi connectivity index (χ3n) is 6.69. The van der Waals surface area contributed by atoms with E-state index in [2.05, 4.69) is 84.9 Å². The molecule has 0 aliphatic heterocycles. The summed E-state index contributed by atoms with van der Waals surface area (Å²) in [4.78, 5) is 0. The maximum absolute atomic E-state index is 6.20. The van der Waals surface area contributed by atoms with Crippen molar-refractivity contribution >= 4 is 0 Å². The van der Waals surface area contributed by atoms with Gasteiger partial charge in [0.2, 0.25) is 0 Å². The van der Waals surface area contributed by atoms with E-state index in [1.54, 1.807) is 0 Å². The molecule has 0 aromatic heterocycles. The van der Waals surface area contributed by atoms with Crippen molar-refractivity contribution in [3.05, 3.63) is 180 Å². The maximum atomic E-state index is 6.20. The first kappa shape index (κ1) is 24.3. The molecule has 2 heteroatoms. The van der Waals surface area contributed by atoms with E-state index in [0.717, 1.165) is 34.1 Å². The number of rotatable bonds is 8. The first-order valence-electron chi connectivity index (χ1n) is 13.1. The van der Waals surface area contributed by atoms with Gasteiger partial charge in [0.1, 0.15) is 23.0 Å². The van der Waals surface area contributed by atoms with Gasteiger partial charge in [-0.15, -0.1) is 0 Å².